The van der Waals surface area contributed by atoms with Crippen LogP contribution in [-0.2, 0) is 0 Å². The van der Waals surface area contributed by atoms with Crippen LogP contribution >= 0.6 is 0 Å². The van der Waals surface area contributed by atoms with Crippen molar-refractivity contribution >= 4 is 0 Å². The predicted octanol–water partition coefficient (Wildman–Crippen LogP) is 6.08. The third-order valence-corrected chi connectivity index (χ3v) is 4.21. The van der Waals surface area contributed by atoms with Gasteiger partial charge in [-0.2, -0.15) is 0 Å². The Morgan fingerprint density at radius 1 is 0.762 bits per heavy atom. The van der Waals surface area contributed by atoms with Crippen LogP contribution in [0.3, 0.4) is 0 Å². The van der Waals surface area contributed by atoms with Crippen molar-refractivity contribution < 1.29 is 0 Å². The molecule has 0 spiro atoms. The summed E-state index contributed by atoms with van der Waals surface area (Å²) >= 11 is 0. The Kier molecular flexibility index (Phi) is 17.2. The number of hydrogen-bond acceptors (Lipinski definition) is 1. The zero-order chi connectivity index (χ0) is 15.6. The summed E-state index contributed by atoms with van der Waals surface area (Å²) in [4.78, 5) is 0. The summed E-state index contributed by atoms with van der Waals surface area (Å²) in [5.41, 5.74) is 0. The largest absolute Gasteiger partial charge is 0.314 e. The highest BCUT2D eigenvalue weighted by Crippen LogP contribution is 2.13. The molecule has 0 aliphatic heterocycles. The molecule has 0 saturated carbocycles. The molecule has 21 heavy (non-hydrogen) atoms. The summed E-state index contributed by atoms with van der Waals surface area (Å²) in [6.45, 7) is 5.68. The van der Waals surface area contributed by atoms with Gasteiger partial charge in [0.1, 0.15) is 0 Å². The predicted molar refractivity (Wildman–Crippen MR) is 96.6 cm³/mol. The maximum atomic E-state index is 5.34. The molecule has 1 atom stereocenters. The Hall–Kier alpha value is -0.480. The van der Waals surface area contributed by atoms with Gasteiger partial charge in [0.25, 0.3) is 0 Å². The standard InChI is InChI=1S/C20H39N/c1-4-7-9-10-11-12-13-14-16-18-20(21-19-6-3)17-15-8-5-2/h2,20-21H,4,6-19H2,1,3H3. The van der Waals surface area contributed by atoms with Gasteiger partial charge in [-0.25, -0.2) is 0 Å². The second kappa shape index (κ2) is 17.6. The van der Waals surface area contributed by atoms with Crippen LogP contribution < -0.4 is 5.32 Å². The summed E-state index contributed by atoms with van der Waals surface area (Å²) in [7, 11) is 0. The fourth-order valence-electron chi connectivity index (χ4n) is 2.85. The van der Waals surface area contributed by atoms with Crippen molar-refractivity contribution in [2.45, 2.75) is 110 Å². The molecule has 0 heterocycles. The Morgan fingerprint density at radius 3 is 1.90 bits per heavy atom. The van der Waals surface area contributed by atoms with Crippen molar-refractivity contribution in [1.29, 1.82) is 0 Å². The van der Waals surface area contributed by atoms with Gasteiger partial charge in [-0.3, -0.25) is 0 Å². The van der Waals surface area contributed by atoms with E-state index in [-0.39, 0.29) is 0 Å². The van der Waals surface area contributed by atoms with Gasteiger partial charge in [0.15, 0.2) is 0 Å². The molecule has 1 nitrogen and oxygen atoms in total. The summed E-state index contributed by atoms with van der Waals surface area (Å²) < 4.78 is 0. The van der Waals surface area contributed by atoms with Crippen molar-refractivity contribution in [2.75, 3.05) is 6.54 Å². The summed E-state index contributed by atoms with van der Waals surface area (Å²) in [6.07, 6.45) is 24.0. The van der Waals surface area contributed by atoms with Crippen molar-refractivity contribution in [1.82, 2.24) is 5.32 Å². The molecule has 0 rings (SSSR count). The van der Waals surface area contributed by atoms with E-state index in [9.17, 15) is 0 Å². The van der Waals surface area contributed by atoms with E-state index in [0.717, 1.165) is 13.0 Å². The van der Waals surface area contributed by atoms with Crippen molar-refractivity contribution in [3.8, 4) is 12.3 Å². The molecule has 0 fully saturated rings. The molecule has 0 saturated heterocycles. The first-order valence-electron chi connectivity index (χ1n) is 9.52. The molecule has 1 heteroatoms. The minimum Gasteiger partial charge on any atom is -0.314 e. The van der Waals surface area contributed by atoms with Gasteiger partial charge in [0.05, 0.1) is 0 Å². The van der Waals surface area contributed by atoms with Crippen LogP contribution in [0, 0.1) is 12.3 Å². The smallest absolute Gasteiger partial charge is 0.00866 e. The molecular formula is C20H39N. The molecule has 0 amide bonds. The van der Waals surface area contributed by atoms with E-state index in [1.165, 1.54) is 83.5 Å². The average molecular weight is 294 g/mol. The van der Waals surface area contributed by atoms with Gasteiger partial charge >= 0.3 is 0 Å². The second-order valence-electron chi connectivity index (χ2n) is 6.36. The first-order chi connectivity index (χ1) is 10.3. The van der Waals surface area contributed by atoms with Gasteiger partial charge in [0, 0.05) is 12.5 Å². The SMILES string of the molecule is C#CCCCC(CCCCCCCCCCC)NCCC. The van der Waals surface area contributed by atoms with Crippen LogP contribution in [-0.4, -0.2) is 12.6 Å². The Balaban J connectivity index is 3.46. The highest BCUT2D eigenvalue weighted by Gasteiger charge is 2.06. The average Bonchev–Trinajstić information content (AvgIpc) is 2.50. The first-order valence-corrected chi connectivity index (χ1v) is 9.52. The summed E-state index contributed by atoms with van der Waals surface area (Å²) in [5.74, 6) is 2.76. The van der Waals surface area contributed by atoms with Crippen LogP contribution in [0.4, 0.5) is 0 Å². The van der Waals surface area contributed by atoms with Crippen molar-refractivity contribution in [2.24, 2.45) is 0 Å². The van der Waals surface area contributed by atoms with E-state index in [1.807, 2.05) is 0 Å². The molecule has 0 aromatic heterocycles. The number of rotatable bonds is 16. The molecule has 124 valence electrons. The van der Waals surface area contributed by atoms with E-state index in [2.05, 4.69) is 25.1 Å². The number of terminal acetylenes is 1. The third kappa shape index (κ3) is 15.7. The van der Waals surface area contributed by atoms with E-state index in [4.69, 9.17) is 6.42 Å². The Bertz CT molecular complexity index is 228. The van der Waals surface area contributed by atoms with Gasteiger partial charge in [0.2, 0.25) is 0 Å². The lowest BCUT2D eigenvalue weighted by Crippen LogP contribution is -2.29. The molecule has 0 aliphatic carbocycles. The molecule has 0 bridgehead atoms. The summed E-state index contributed by atoms with van der Waals surface area (Å²) in [5, 5.41) is 3.68. The highest BCUT2D eigenvalue weighted by atomic mass is 14.9. The van der Waals surface area contributed by atoms with Crippen LogP contribution in [0.2, 0.25) is 0 Å². The monoisotopic (exact) mass is 293 g/mol. The van der Waals surface area contributed by atoms with Gasteiger partial charge in [-0.05, 0) is 32.2 Å². The fourth-order valence-corrected chi connectivity index (χ4v) is 2.85. The molecule has 0 aromatic rings. The van der Waals surface area contributed by atoms with E-state index in [0.29, 0.717) is 6.04 Å². The van der Waals surface area contributed by atoms with Gasteiger partial charge in [-0.15, -0.1) is 12.3 Å². The normalized spacial score (nSPS) is 12.2. The quantitative estimate of drug-likeness (QED) is 0.269. The topological polar surface area (TPSA) is 12.0 Å². The zero-order valence-corrected chi connectivity index (χ0v) is 14.8. The van der Waals surface area contributed by atoms with E-state index < -0.39 is 0 Å². The van der Waals surface area contributed by atoms with Crippen LogP contribution in [0.25, 0.3) is 0 Å². The van der Waals surface area contributed by atoms with Crippen LogP contribution in [0.1, 0.15) is 104 Å². The second-order valence-corrected chi connectivity index (χ2v) is 6.36. The van der Waals surface area contributed by atoms with Crippen molar-refractivity contribution in [3.63, 3.8) is 0 Å². The minimum atomic E-state index is 0.697. The number of hydrogen-bond donors (Lipinski definition) is 1. The lowest BCUT2D eigenvalue weighted by atomic mass is 10.0. The molecule has 1 N–H and O–H groups in total. The Labute approximate surface area is 134 Å². The maximum absolute atomic E-state index is 5.34. The van der Waals surface area contributed by atoms with Crippen molar-refractivity contribution in [3.05, 3.63) is 0 Å². The van der Waals surface area contributed by atoms with Gasteiger partial charge < -0.3 is 5.32 Å². The molecule has 1 unspecified atom stereocenters. The third-order valence-electron chi connectivity index (χ3n) is 4.21. The number of unbranched alkanes of at least 4 members (excludes halogenated alkanes) is 9. The highest BCUT2D eigenvalue weighted by molar-refractivity contribution is 4.83. The molecular weight excluding hydrogens is 254 g/mol. The lowest BCUT2D eigenvalue weighted by Gasteiger charge is -2.18. The number of nitrogens with one attached hydrogen (secondary N) is 1. The molecule has 0 radical (unpaired) electrons. The fraction of sp³-hybridized carbons (Fsp3) is 0.900. The first kappa shape index (κ1) is 20.5. The van der Waals surface area contributed by atoms with Gasteiger partial charge in [-0.1, -0.05) is 71.6 Å². The molecule has 0 aromatic carbocycles. The molecule has 0 aliphatic rings. The lowest BCUT2D eigenvalue weighted by molar-refractivity contribution is 0.422. The van der Waals surface area contributed by atoms with E-state index >= 15 is 0 Å². The van der Waals surface area contributed by atoms with Crippen LogP contribution in [0.5, 0.6) is 0 Å². The zero-order valence-electron chi connectivity index (χ0n) is 14.8. The Morgan fingerprint density at radius 2 is 1.33 bits per heavy atom. The van der Waals surface area contributed by atoms with E-state index in [1.54, 1.807) is 0 Å². The summed E-state index contributed by atoms with van der Waals surface area (Å²) in [6, 6.07) is 0.697. The minimum absolute atomic E-state index is 0.697. The maximum Gasteiger partial charge on any atom is 0.00866 e. The van der Waals surface area contributed by atoms with Crippen LogP contribution in [0.15, 0.2) is 0 Å².